The van der Waals surface area contributed by atoms with Crippen molar-refractivity contribution < 1.29 is 4.74 Å². The predicted molar refractivity (Wildman–Crippen MR) is 69.6 cm³/mol. The van der Waals surface area contributed by atoms with Crippen LogP contribution in [0.25, 0.3) is 0 Å². The number of hydrogen-bond donors (Lipinski definition) is 0. The number of benzene rings is 1. The summed E-state index contributed by atoms with van der Waals surface area (Å²) in [6.45, 7) is 7.12. The fourth-order valence-electron chi connectivity index (χ4n) is 2.08. The van der Waals surface area contributed by atoms with Crippen LogP contribution in [0.1, 0.15) is 18.1 Å². The van der Waals surface area contributed by atoms with Crippen molar-refractivity contribution in [1.29, 1.82) is 0 Å². The SMILES string of the molecule is CCc1cc(Br)ccc1CN1CCOCC1. The minimum absolute atomic E-state index is 0.873. The van der Waals surface area contributed by atoms with Gasteiger partial charge in [0.2, 0.25) is 0 Å². The number of hydrogen-bond acceptors (Lipinski definition) is 2. The number of aryl methyl sites for hydroxylation is 1. The monoisotopic (exact) mass is 283 g/mol. The van der Waals surface area contributed by atoms with E-state index < -0.39 is 0 Å². The molecule has 0 bridgehead atoms. The maximum absolute atomic E-state index is 5.36. The maximum Gasteiger partial charge on any atom is 0.0594 e. The Morgan fingerprint density at radius 3 is 2.69 bits per heavy atom. The molecule has 3 heteroatoms. The van der Waals surface area contributed by atoms with Crippen LogP contribution >= 0.6 is 15.9 Å². The first-order chi connectivity index (χ1) is 7.79. The Morgan fingerprint density at radius 1 is 1.25 bits per heavy atom. The molecular formula is C13H18BrNO. The second-order valence-electron chi connectivity index (χ2n) is 4.16. The second kappa shape index (κ2) is 5.80. The molecule has 16 heavy (non-hydrogen) atoms. The largest absolute Gasteiger partial charge is 0.379 e. The molecule has 88 valence electrons. The molecule has 0 N–H and O–H groups in total. The highest BCUT2D eigenvalue weighted by Gasteiger charge is 2.12. The molecule has 1 aromatic rings. The van der Waals surface area contributed by atoms with Gasteiger partial charge in [0.15, 0.2) is 0 Å². The molecule has 1 saturated heterocycles. The summed E-state index contributed by atoms with van der Waals surface area (Å²) in [5.74, 6) is 0. The summed E-state index contributed by atoms with van der Waals surface area (Å²) in [6.07, 6.45) is 1.10. The van der Waals surface area contributed by atoms with E-state index in [-0.39, 0.29) is 0 Å². The van der Waals surface area contributed by atoms with Crippen LogP contribution in [0.15, 0.2) is 22.7 Å². The van der Waals surface area contributed by atoms with Crippen molar-refractivity contribution in [2.45, 2.75) is 19.9 Å². The average Bonchev–Trinajstić information content (AvgIpc) is 2.33. The van der Waals surface area contributed by atoms with Crippen molar-refractivity contribution >= 4 is 15.9 Å². The van der Waals surface area contributed by atoms with Gasteiger partial charge in [-0.05, 0) is 29.7 Å². The molecule has 1 fully saturated rings. The van der Waals surface area contributed by atoms with Gasteiger partial charge >= 0.3 is 0 Å². The summed E-state index contributed by atoms with van der Waals surface area (Å²) >= 11 is 3.53. The quantitative estimate of drug-likeness (QED) is 0.846. The third-order valence-corrected chi connectivity index (χ3v) is 3.54. The minimum atomic E-state index is 0.873. The Balaban J connectivity index is 2.07. The van der Waals surface area contributed by atoms with Crippen molar-refractivity contribution in [1.82, 2.24) is 4.90 Å². The van der Waals surface area contributed by atoms with Gasteiger partial charge < -0.3 is 4.74 Å². The highest BCUT2D eigenvalue weighted by atomic mass is 79.9. The number of ether oxygens (including phenoxy) is 1. The van der Waals surface area contributed by atoms with Gasteiger partial charge in [0, 0.05) is 24.1 Å². The van der Waals surface area contributed by atoms with E-state index in [0.29, 0.717) is 0 Å². The molecule has 0 aromatic heterocycles. The molecule has 1 heterocycles. The molecule has 1 aliphatic heterocycles. The molecule has 2 rings (SSSR count). The number of halogens is 1. The van der Waals surface area contributed by atoms with Gasteiger partial charge in [-0.1, -0.05) is 28.9 Å². The summed E-state index contributed by atoms with van der Waals surface area (Å²) in [5.41, 5.74) is 2.90. The zero-order valence-corrected chi connectivity index (χ0v) is 11.3. The van der Waals surface area contributed by atoms with E-state index in [1.54, 1.807) is 0 Å². The first-order valence-corrected chi connectivity index (χ1v) is 6.66. The van der Waals surface area contributed by atoms with E-state index in [1.165, 1.54) is 15.6 Å². The van der Waals surface area contributed by atoms with E-state index >= 15 is 0 Å². The summed E-state index contributed by atoms with van der Waals surface area (Å²) in [6, 6.07) is 6.60. The van der Waals surface area contributed by atoms with Crippen molar-refractivity contribution in [3.63, 3.8) is 0 Å². The zero-order valence-electron chi connectivity index (χ0n) is 9.71. The molecule has 0 saturated carbocycles. The van der Waals surface area contributed by atoms with Gasteiger partial charge in [0.05, 0.1) is 13.2 Å². The predicted octanol–water partition coefficient (Wildman–Crippen LogP) is 2.84. The molecular weight excluding hydrogens is 266 g/mol. The third-order valence-electron chi connectivity index (χ3n) is 3.05. The van der Waals surface area contributed by atoms with Gasteiger partial charge in [-0.15, -0.1) is 0 Å². The molecule has 1 aromatic carbocycles. The van der Waals surface area contributed by atoms with Crippen molar-refractivity contribution in [3.8, 4) is 0 Å². The van der Waals surface area contributed by atoms with Gasteiger partial charge in [-0.2, -0.15) is 0 Å². The molecule has 0 radical (unpaired) electrons. The fourth-order valence-corrected chi connectivity index (χ4v) is 2.49. The number of morpholine rings is 1. The lowest BCUT2D eigenvalue weighted by Crippen LogP contribution is -2.35. The fraction of sp³-hybridized carbons (Fsp3) is 0.538. The molecule has 0 spiro atoms. The highest BCUT2D eigenvalue weighted by Crippen LogP contribution is 2.19. The lowest BCUT2D eigenvalue weighted by atomic mass is 10.0. The Hall–Kier alpha value is -0.380. The normalized spacial score (nSPS) is 17.6. The van der Waals surface area contributed by atoms with E-state index in [4.69, 9.17) is 4.74 Å². The maximum atomic E-state index is 5.36. The lowest BCUT2D eigenvalue weighted by molar-refractivity contribution is 0.0341. The summed E-state index contributed by atoms with van der Waals surface area (Å²) < 4.78 is 6.54. The summed E-state index contributed by atoms with van der Waals surface area (Å²) in [7, 11) is 0. The number of rotatable bonds is 3. The lowest BCUT2D eigenvalue weighted by Gasteiger charge is -2.27. The van der Waals surface area contributed by atoms with Crippen LogP contribution in [-0.4, -0.2) is 31.2 Å². The Kier molecular flexibility index (Phi) is 4.38. The minimum Gasteiger partial charge on any atom is -0.379 e. The molecule has 1 aliphatic rings. The Morgan fingerprint density at radius 2 is 2.00 bits per heavy atom. The first-order valence-electron chi connectivity index (χ1n) is 5.87. The average molecular weight is 284 g/mol. The van der Waals surface area contributed by atoms with Crippen molar-refractivity contribution in [2.24, 2.45) is 0 Å². The molecule has 0 unspecified atom stereocenters. The van der Waals surface area contributed by atoms with E-state index in [2.05, 4.69) is 46.0 Å². The van der Waals surface area contributed by atoms with E-state index in [9.17, 15) is 0 Å². The van der Waals surface area contributed by atoms with Gasteiger partial charge in [-0.3, -0.25) is 4.90 Å². The smallest absolute Gasteiger partial charge is 0.0594 e. The van der Waals surface area contributed by atoms with Crippen LogP contribution in [0.2, 0.25) is 0 Å². The Bertz CT molecular complexity index is 348. The molecule has 0 aliphatic carbocycles. The third kappa shape index (κ3) is 3.06. The van der Waals surface area contributed by atoms with Crippen LogP contribution in [-0.2, 0) is 17.7 Å². The summed E-state index contributed by atoms with van der Waals surface area (Å²) in [5, 5.41) is 0. The van der Waals surface area contributed by atoms with Gasteiger partial charge in [0.25, 0.3) is 0 Å². The van der Waals surface area contributed by atoms with Crippen LogP contribution in [0, 0.1) is 0 Å². The van der Waals surface area contributed by atoms with E-state index in [1.807, 2.05) is 0 Å². The number of nitrogens with zero attached hydrogens (tertiary/aromatic N) is 1. The van der Waals surface area contributed by atoms with Crippen LogP contribution < -0.4 is 0 Å². The van der Waals surface area contributed by atoms with Crippen LogP contribution in [0.4, 0.5) is 0 Å². The van der Waals surface area contributed by atoms with Crippen molar-refractivity contribution in [2.75, 3.05) is 26.3 Å². The molecule has 0 atom stereocenters. The second-order valence-corrected chi connectivity index (χ2v) is 5.07. The van der Waals surface area contributed by atoms with Gasteiger partial charge in [0.1, 0.15) is 0 Å². The van der Waals surface area contributed by atoms with Gasteiger partial charge in [-0.25, -0.2) is 0 Å². The molecule has 2 nitrogen and oxygen atoms in total. The topological polar surface area (TPSA) is 12.5 Å². The Labute approximate surface area is 106 Å². The standard InChI is InChI=1S/C13H18BrNO/c1-2-11-9-13(14)4-3-12(11)10-15-5-7-16-8-6-15/h3-4,9H,2,5-8,10H2,1H3. The molecule has 0 amide bonds. The van der Waals surface area contributed by atoms with E-state index in [0.717, 1.165) is 39.3 Å². The summed E-state index contributed by atoms with van der Waals surface area (Å²) in [4.78, 5) is 2.46. The first kappa shape index (κ1) is 12.1. The van der Waals surface area contributed by atoms with Crippen molar-refractivity contribution in [3.05, 3.63) is 33.8 Å². The van der Waals surface area contributed by atoms with Crippen LogP contribution in [0.3, 0.4) is 0 Å². The highest BCUT2D eigenvalue weighted by molar-refractivity contribution is 9.10. The zero-order chi connectivity index (χ0) is 11.4. The van der Waals surface area contributed by atoms with Crippen LogP contribution in [0.5, 0.6) is 0 Å².